The van der Waals surface area contributed by atoms with Crippen LogP contribution in [0.3, 0.4) is 0 Å². The average molecular weight is 370 g/mol. The number of esters is 1. The molecule has 0 radical (unpaired) electrons. The van der Waals surface area contributed by atoms with E-state index >= 15 is 0 Å². The number of carbonyl (C=O) groups excluding carboxylic acids is 1. The molecular weight excluding hydrogens is 348 g/mol. The van der Waals surface area contributed by atoms with E-state index in [1.807, 2.05) is 30.6 Å². The molecule has 0 saturated heterocycles. The maximum atomic E-state index is 12.3. The minimum Gasteiger partial charge on any atom is -0.469 e. The molecule has 5 rings (SSSR count). The largest absolute Gasteiger partial charge is 0.469 e. The van der Waals surface area contributed by atoms with Gasteiger partial charge in [-0.2, -0.15) is 0 Å². The highest BCUT2D eigenvalue weighted by atomic mass is 16.5. The summed E-state index contributed by atoms with van der Waals surface area (Å²) >= 11 is 0. The molecule has 3 atom stereocenters. The third-order valence-electron chi connectivity index (χ3n) is 5.95. The van der Waals surface area contributed by atoms with Gasteiger partial charge < -0.3 is 4.74 Å². The Bertz CT molecular complexity index is 979. The standard InChI is InChI=1S/C24H22N2O2/c1-28-24(27)22-20(16-5-3-2-4-6-16)21(22)17-9-11-18(12-10-17)23-25-13-19(14-26-23)15-7-8-15/h2-6,9-15,20-22H,7-8H2,1H3. The van der Waals surface area contributed by atoms with Crippen molar-refractivity contribution in [3.8, 4) is 11.4 Å². The van der Waals surface area contributed by atoms with Crippen molar-refractivity contribution >= 4 is 5.97 Å². The van der Waals surface area contributed by atoms with Crippen molar-refractivity contribution in [2.24, 2.45) is 5.92 Å². The van der Waals surface area contributed by atoms with Crippen LogP contribution in [-0.2, 0) is 9.53 Å². The molecule has 0 spiro atoms. The number of hydrogen-bond donors (Lipinski definition) is 0. The van der Waals surface area contributed by atoms with Crippen molar-refractivity contribution in [3.63, 3.8) is 0 Å². The average Bonchev–Trinajstić information content (AvgIpc) is 3.68. The Morgan fingerprint density at radius 1 is 0.857 bits per heavy atom. The molecule has 1 aromatic heterocycles. The van der Waals surface area contributed by atoms with Crippen molar-refractivity contribution in [2.45, 2.75) is 30.6 Å². The molecule has 0 bridgehead atoms. The second kappa shape index (κ2) is 6.86. The van der Waals surface area contributed by atoms with Gasteiger partial charge in [-0.15, -0.1) is 0 Å². The van der Waals surface area contributed by atoms with Crippen molar-refractivity contribution in [2.75, 3.05) is 7.11 Å². The molecule has 2 aliphatic rings. The Morgan fingerprint density at radius 3 is 2.04 bits per heavy atom. The number of methoxy groups -OCH3 is 1. The summed E-state index contributed by atoms with van der Waals surface area (Å²) in [5.41, 5.74) is 4.58. The van der Waals surface area contributed by atoms with Gasteiger partial charge in [0.15, 0.2) is 5.82 Å². The van der Waals surface area contributed by atoms with Gasteiger partial charge in [0.25, 0.3) is 0 Å². The summed E-state index contributed by atoms with van der Waals surface area (Å²) < 4.78 is 5.05. The zero-order valence-electron chi connectivity index (χ0n) is 15.8. The third-order valence-corrected chi connectivity index (χ3v) is 5.95. The Kier molecular flexibility index (Phi) is 4.19. The SMILES string of the molecule is COC(=O)C1C(c2ccccc2)C1c1ccc(-c2ncc(C3CC3)cn2)cc1. The van der Waals surface area contributed by atoms with E-state index in [1.165, 1.54) is 31.1 Å². The molecule has 0 aliphatic heterocycles. The first-order chi connectivity index (χ1) is 13.8. The van der Waals surface area contributed by atoms with Gasteiger partial charge in [-0.05, 0) is 35.4 Å². The molecule has 28 heavy (non-hydrogen) atoms. The van der Waals surface area contributed by atoms with Gasteiger partial charge in [0, 0.05) is 29.8 Å². The first-order valence-corrected chi connectivity index (χ1v) is 9.81. The fourth-order valence-electron chi connectivity index (χ4n) is 4.21. The van der Waals surface area contributed by atoms with Gasteiger partial charge in [0.1, 0.15) is 0 Å². The lowest BCUT2D eigenvalue weighted by Gasteiger charge is -2.05. The van der Waals surface area contributed by atoms with Gasteiger partial charge in [-0.3, -0.25) is 4.79 Å². The van der Waals surface area contributed by atoms with Gasteiger partial charge >= 0.3 is 5.97 Å². The van der Waals surface area contributed by atoms with Crippen LogP contribution >= 0.6 is 0 Å². The summed E-state index contributed by atoms with van der Waals surface area (Å²) in [4.78, 5) is 21.3. The highest BCUT2D eigenvalue weighted by molar-refractivity contribution is 5.80. The number of nitrogens with zero attached hydrogens (tertiary/aromatic N) is 2. The summed E-state index contributed by atoms with van der Waals surface area (Å²) in [5.74, 6) is 1.48. The van der Waals surface area contributed by atoms with Crippen molar-refractivity contribution in [1.29, 1.82) is 0 Å². The number of rotatable bonds is 5. The number of ether oxygens (including phenoxy) is 1. The molecule has 2 fully saturated rings. The highest BCUT2D eigenvalue weighted by Gasteiger charge is 2.56. The molecular formula is C24H22N2O2. The Morgan fingerprint density at radius 2 is 1.46 bits per heavy atom. The third kappa shape index (κ3) is 3.09. The fraction of sp³-hybridized carbons (Fsp3) is 0.292. The second-order valence-electron chi connectivity index (χ2n) is 7.75. The van der Waals surface area contributed by atoms with Crippen molar-refractivity contribution < 1.29 is 9.53 Å². The topological polar surface area (TPSA) is 52.1 Å². The first kappa shape index (κ1) is 17.1. The van der Waals surface area contributed by atoms with E-state index in [9.17, 15) is 4.79 Å². The van der Waals surface area contributed by atoms with Crippen LogP contribution in [0.5, 0.6) is 0 Å². The number of benzene rings is 2. The van der Waals surface area contributed by atoms with Gasteiger partial charge in [-0.25, -0.2) is 9.97 Å². The summed E-state index contributed by atoms with van der Waals surface area (Å²) in [7, 11) is 1.46. The van der Waals surface area contributed by atoms with Gasteiger partial charge in [-0.1, -0.05) is 54.6 Å². The molecule has 2 aromatic carbocycles. The monoisotopic (exact) mass is 370 g/mol. The number of aromatic nitrogens is 2. The minimum atomic E-state index is -0.137. The second-order valence-corrected chi connectivity index (χ2v) is 7.75. The van der Waals surface area contributed by atoms with Crippen molar-refractivity contribution in [1.82, 2.24) is 9.97 Å². The van der Waals surface area contributed by atoms with Gasteiger partial charge in [0.05, 0.1) is 13.0 Å². The minimum absolute atomic E-state index is 0.118. The quantitative estimate of drug-likeness (QED) is 0.611. The lowest BCUT2D eigenvalue weighted by Crippen LogP contribution is -2.05. The molecule has 3 unspecified atom stereocenters. The summed E-state index contributed by atoms with van der Waals surface area (Å²) in [6.45, 7) is 0. The molecule has 4 nitrogen and oxygen atoms in total. The van der Waals surface area contributed by atoms with E-state index in [2.05, 4.69) is 46.4 Å². The van der Waals surface area contributed by atoms with E-state index in [-0.39, 0.29) is 23.7 Å². The normalized spacial score (nSPS) is 23.2. The molecule has 2 saturated carbocycles. The van der Waals surface area contributed by atoms with Crippen LogP contribution in [0, 0.1) is 5.92 Å². The van der Waals surface area contributed by atoms with Gasteiger partial charge in [0.2, 0.25) is 0 Å². The van der Waals surface area contributed by atoms with Crippen LogP contribution in [0.25, 0.3) is 11.4 Å². The number of hydrogen-bond acceptors (Lipinski definition) is 4. The Hall–Kier alpha value is -3.01. The molecule has 3 aromatic rings. The molecule has 4 heteroatoms. The van der Waals surface area contributed by atoms with E-state index < -0.39 is 0 Å². The molecule has 0 N–H and O–H groups in total. The molecule has 2 aliphatic carbocycles. The maximum absolute atomic E-state index is 12.3. The number of carbonyl (C=O) groups is 1. The predicted octanol–water partition coefficient (Wildman–Crippen LogP) is 4.69. The smallest absolute Gasteiger partial charge is 0.309 e. The zero-order valence-corrected chi connectivity index (χ0v) is 15.8. The van der Waals surface area contributed by atoms with E-state index in [0.29, 0.717) is 5.92 Å². The molecule has 1 heterocycles. The lowest BCUT2D eigenvalue weighted by molar-refractivity contribution is -0.142. The van der Waals surface area contributed by atoms with Crippen LogP contribution in [-0.4, -0.2) is 23.0 Å². The van der Waals surface area contributed by atoms with Crippen molar-refractivity contribution in [3.05, 3.63) is 83.7 Å². The molecule has 0 amide bonds. The molecule has 140 valence electrons. The van der Waals surface area contributed by atoms with Crippen LogP contribution in [0.4, 0.5) is 0 Å². The predicted molar refractivity (Wildman–Crippen MR) is 107 cm³/mol. The van der Waals surface area contributed by atoms with Crippen LogP contribution in [0.2, 0.25) is 0 Å². The summed E-state index contributed by atoms with van der Waals surface area (Å²) in [5, 5.41) is 0. The summed E-state index contributed by atoms with van der Waals surface area (Å²) in [6, 6.07) is 18.5. The van der Waals surface area contributed by atoms with E-state index in [1.54, 1.807) is 0 Å². The van der Waals surface area contributed by atoms with Crippen LogP contribution in [0.15, 0.2) is 67.0 Å². The van der Waals surface area contributed by atoms with Crippen LogP contribution in [0.1, 0.15) is 47.3 Å². The van der Waals surface area contributed by atoms with E-state index in [4.69, 9.17) is 4.74 Å². The summed E-state index contributed by atoms with van der Waals surface area (Å²) in [6.07, 6.45) is 6.41. The Labute approximate surface area is 164 Å². The van der Waals surface area contributed by atoms with Crippen LogP contribution < -0.4 is 0 Å². The Balaban J connectivity index is 1.39. The zero-order chi connectivity index (χ0) is 19.1. The van der Waals surface area contributed by atoms with E-state index in [0.717, 1.165) is 17.0 Å². The fourth-order valence-corrected chi connectivity index (χ4v) is 4.21. The lowest BCUT2D eigenvalue weighted by atomic mass is 10.0. The first-order valence-electron chi connectivity index (χ1n) is 9.81. The maximum Gasteiger partial charge on any atom is 0.309 e. The highest BCUT2D eigenvalue weighted by Crippen LogP contribution is 2.60.